The summed E-state index contributed by atoms with van der Waals surface area (Å²) in [6.07, 6.45) is 1.94. The number of esters is 1. The van der Waals surface area contributed by atoms with Crippen molar-refractivity contribution in [3.63, 3.8) is 0 Å². The van der Waals surface area contributed by atoms with Gasteiger partial charge in [-0.2, -0.15) is 0 Å². The van der Waals surface area contributed by atoms with Gasteiger partial charge in [-0.1, -0.05) is 6.07 Å². The summed E-state index contributed by atoms with van der Waals surface area (Å²) in [7, 11) is 0. The average Bonchev–Trinajstić information content (AvgIpc) is 3.15. The highest BCUT2D eigenvalue weighted by Gasteiger charge is 2.29. The highest BCUT2D eigenvalue weighted by molar-refractivity contribution is 9.11. The van der Waals surface area contributed by atoms with E-state index in [0.29, 0.717) is 18.8 Å². The lowest BCUT2D eigenvalue weighted by Gasteiger charge is -2.33. The molecule has 0 bridgehead atoms. The van der Waals surface area contributed by atoms with Crippen molar-refractivity contribution in [1.82, 2.24) is 9.88 Å². The van der Waals surface area contributed by atoms with Crippen molar-refractivity contribution in [2.24, 2.45) is 0 Å². The van der Waals surface area contributed by atoms with Crippen molar-refractivity contribution < 1.29 is 14.3 Å². The van der Waals surface area contributed by atoms with Gasteiger partial charge in [-0.25, -0.2) is 9.78 Å². The summed E-state index contributed by atoms with van der Waals surface area (Å²) in [5.41, 5.74) is 3.97. The number of carbonyl (C=O) groups excluding carboxylic acids is 1. The SMILES string of the molecule is Cc1c(C2CN(Cc3cnc(Br)s3)CCO2)ccc2c1COC2=O. The third-order valence-corrected chi connectivity index (χ3v) is 6.07. The highest BCUT2D eigenvalue weighted by atomic mass is 79.9. The monoisotopic (exact) mass is 408 g/mol. The predicted octanol–water partition coefficient (Wildman–Crippen LogP) is 3.46. The third kappa shape index (κ3) is 3.01. The molecule has 4 rings (SSSR count). The summed E-state index contributed by atoms with van der Waals surface area (Å²) in [6.45, 7) is 5.77. The van der Waals surface area contributed by atoms with E-state index < -0.39 is 0 Å². The van der Waals surface area contributed by atoms with E-state index in [0.717, 1.165) is 40.2 Å². The lowest BCUT2D eigenvalue weighted by Crippen LogP contribution is -2.37. The Morgan fingerprint density at radius 2 is 2.33 bits per heavy atom. The Labute approximate surface area is 152 Å². The molecule has 1 aromatic heterocycles. The van der Waals surface area contributed by atoms with E-state index in [-0.39, 0.29) is 12.1 Å². The number of ether oxygens (including phenoxy) is 2. The van der Waals surface area contributed by atoms with Gasteiger partial charge in [0.25, 0.3) is 0 Å². The molecule has 1 atom stereocenters. The van der Waals surface area contributed by atoms with Crippen LogP contribution in [0, 0.1) is 6.92 Å². The van der Waals surface area contributed by atoms with E-state index in [1.54, 1.807) is 11.3 Å². The first-order valence-corrected chi connectivity index (χ1v) is 9.46. The Balaban J connectivity index is 1.53. The van der Waals surface area contributed by atoms with E-state index in [1.165, 1.54) is 4.88 Å². The van der Waals surface area contributed by atoms with Gasteiger partial charge in [-0.3, -0.25) is 4.90 Å². The van der Waals surface area contributed by atoms with Crippen LogP contribution in [0.15, 0.2) is 22.2 Å². The first-order valence-electron chi connectivity index (χ1n) is 7.85. The minimum Gasteiger partial charge on any atom is -0.457 e. The van der Waals surface area contributed by atoms with Crippen molar-refractivity contribution in [3.05, 3.63) is 49.4 Å². The Bertz CT molecular complexity index is 792. The second-order valence-corrected chi connectivity index (χ2v) is 8.45. The number of rotatable bonds is 3. The van der Waals surface area contributed by atoms with E-state index in [9.17, 15) is 4.79 Å². The molecule has 3 heterocycles. The molecule has 0 aliphatic carbocycles. The summed E-state index contributed by atoms with van der Waals surface area (Å²) < 4.78 is 12.1. The normalized spacial score (nSPS) is 20.9. The lowest BCUT2D eigenvalue weighted by molar-refractivity contribution is -0.0329. The zero-order valence-corrected chi connectivity index (χ0v) is 15.7. The minimum atomic E-state index is -0.221. The van der Waals surface area contributed by atoms with Gasteiger partial charge in [-0.05, 0) is 40.0 Å². The number of morpholine rings is 1. The zero-order chi connectivity index (χ0) is 16.7. The molecular formula is C17H17BrN2O3S. The first-order chi connectivity index (χ1) is 11.6. The Hall–Kier alpha value is -1.28. The molecule has 0 saturated carbocycles. The second kappa shape index (κ2) is 6.55. The number of cyclic esters (lactones) is 1. The van der Waals surface area contributed by atoms with E-state index >= 15 is 0 Å². The standard InChI is InChI=1S/C17H17BrN2O3S/c1-10-12(2-3-13-14(10)9-23-16(13)21)15-8-20(4-5-22-15)7-11-6-19-17(18)24-11/h2-3,6,15H,4-5,7-9H2,1H3. The fraction of sp³-hybridized carbons (Fsp3) is 0.412. The van der Waals surface area contributed by atoms with Crippen molar-refractivity contribution in [1.29, 1.82) is 0 Å². The van der Waals surface area contributed by atoms with Gasteiger partial charge in [0.2, 0.25) is 0 Å². The number of aromatic nitrogens is 1. The molecule has 0 N–H and O–H groups in total. The van der Waals surface area contributed by atoms with Crippen LogP contribution in [0.25, 0.3) is 0 Å². The van der Waals surface area contributed by atoms with Crippen LogP contribution in [0.3, 0.4) is 0 Å². The maximum atomic E-state index is 11.7. The van der Waals surface area contributed by atoms with Crippen LogP contribution >= 0.6 is 27.3 Å². The fourth-order valence-electron chi connectivity index (χ4n) is 3.33. The van der Waals surface area contributed by atoms with Gasteiger partial charge < -0.3 is 9.47 Å². The highest BCUT2D eigenvalue weighted by Crippen LogP contribution is 2.32. The summed E-state index contributed by atoms with van der Waals surface area (Å²) in [5.74, 6) is -0.221. The van der Waals surface area contributed by atoms with Crippen molar-refractivity contribution in [2.75, 3.05) is 19.7 Å². The van der Waals surface area contributed by atoms with Gasteiger partial charge in [0, 0.05) is 36.3 Å². The summed E-state index contributed by atoms with van der Waals surface area (Å²) in [5, 5.41) is 0. The number of hydrogen-bond acceptors (Lipinski definition) is 6. The molecule has 2 aliphatic heterocycles. The van der Waals surface area contributed by atoms with Crippen LogP contribution < -0.4 is 0 Å². The molecule has 5 nitrogen and oxygen atoms in total. The molecule has 2 aliphatic rings. The van der Waals surface area contributed by atoms with Gasteiger partial charge in [0.15, 0.2) is 3.92 Å². The van der Waals surface area contributed by atoms with E-state index in [4.69, 9.17) is 9.47 Å². The average molecular weight is 409 g/mol. The van der Waals surface area contributed by atoms with Crippen LogP contribution in [0.1, 0.15) is 38.0 Å². The van der Waals surface area contributed by atoms with E-state index in [1.807, 2.05) is 18.3 Å². The zero-order valence-electron chi connectivity index (χ0n) is 13.3. The molecule has 0 radical (unpaired) electrons. The van der Waals surface area contributed by atoms with Crippen LogP contribution in [-0.4, -0.2) is 35.5 Å². The summed E-state index contributed by atoms with van der Waals surface area (Å²) >= 11 is 5.08. The van der Waals surface area contributed by atoms with Crippen LogP contribution in [0.4, 0.5) is 0 Å². The molecule has 24 heavy (non-hydrogen) atoms. The van der Waals surface area contributed by atoms with Crippen molar-refractivity contribution >= 4 is 33.2 Å². The Morgan fingerprint density at radius 1 is 1.46 bits per heavy atom. The van der Waals surface area contributed by atoms with Gasteiger partial charge >= 0.3 is 5.97 Å². The van der Waals surface area contributed by atoms with Crippen molar-refractivity contribution in [3.8, 4) is 0 Å². The molecule has 0 spiro atoms. The summed E-state index contributed by atoms with van der Waals surface area (Å²) in [6, 6.07) is 3.88. The largest absolute Gasteiger partial charge is 0.457 e. The number of halogens is 1. The molecule has 1 fully saturated rings. The third-order valence-electron chi connectivity index (χ3n) is 4.61. The number of fused-ring (bicyclic) bond motifs is 1. The number of carbonyl (C=O) groups is 1. The van der Waals surface area contributed by atoms with Crippen LogP contribution in [-0.2, 0) is 22.6 Å². The number of hydrogen-bond donors (Lipinski definition) is 0. The van der Waals surface area contributed by atoms with E-state index in [2.05, 4.69) is 32.7 Å². The molecule has 1 saturated heterocycles. The quantitative estimate of drug-likeness (QED) is 0.727. The van der Waals surface area contributed by atoms with Crippen LogP contribution in [0.5, 0.6) is 0 Å². The number of benzene rings is 1. The minimum absolute atomic E-state index is 0.0242. The maximum Gasteiger partial charge on any atom is 0.338 e. The first kappa shape index (κ1) is 16.2. The molecule has 0 amide bonds. The topological polar surface area (TPSA) is 51.7 Å². The smallest absolute Gasteiger partial charge is 0.338 e. The second-order valence-electron chi connectivity index (χ2n) is 6.06. The predicted molar refractivity (Wildman–Crippen MR) is 94.1 cm³/mol. The van der Waals surface area contributed by atoms with Gasteiger partial charge in [0.05, 0.1) is 18.3 Å². The van der Waals surface area contributed by atoms with Crippen LogP contribution in [0.2, 0.25) is 0 Å². The molecule has 7 heteroatoms. The lowest BCUT2D eigenvalue weighted by atomic mass is 9.94. The number of nitrogens with zero attached hydrogens (tertiary/aromatic N) is 2. The summed E-state index contributed by atoms with van der Waals surface area (Å²) in [4.78, 5) is 19.6. The Kier molecular flexibility index (Phi) is 4.42. The molecule has 1 aromatic carbocycles. The molecule has 126 valence electrons. The van der Waals surface area contributed by atoms with Crippen molar-refractivity contribution in [2.45, 2.75) is 26.2 Å². The number of thiazole rings is 1. The molecular weight excluding hydrogens is 392 g/mol. The van der Waals surface area contributed by atoms with Gasteiger partial charge in [-0.15, -0.1) is 11.3 Å². The van der Waals surface area contributed by atoms with Gasteiger partial charge in [0.1, 0.15) is 6.61 Å². The molecule has 2 aromatic rings. The maximum absolute atomic E-state index is 11.7. The molecule has 1 unspecified atom stereocenters. The fourth-order valence-corrected chi connectivity index (χ4v) is 4.73. The Morgan fingerprint density at radius 3 is 3.12 bits per heavy atom.